The summed E-state index contributed by atoms with van der Waals surface area (Å²) >= 11 is 0. The molecule has 0 spiro atoms. The largest absolute Gasteiger partial charge is 0.472 e. The highest BCUT2D eigenvalue weighted by atomic mass is 31.2. The Bertz CT molecular complexity index is 1060. The van der Waals surface area contributed by atoms with Crippen molar-refractivity contribution in [3.05, 3.63) is 0 Å². The number of rotatable bonds is 49. The van der Waals surface area contributed by atoms with E-state index in [1.807, 2.05) is 0 Å². The zero-order valence-electron chi connectivity index (χ0n) is 40.4. The van der Waals surface area contributed by atoms with Gasteiger partial charge in [0.1, 0.15) is 12.7 Å². The maximum absolute atomic E-state index is 12.8. The zero-order valence-corrected chi connectivity index (χ0v) is 41.3. The summed E-state index contributed by atoms with van der Waals surface area (Å²) in [7, 11) is -4.72. The summed E-state index contributed by atoms with van der Waals surface area (Å²) in [6, 6.07) is 0. The van der Waals surface area contributed by atoms with Crippen molar-refractivity contribution in [1.29, 1.82) is 0 Å². The van der Waals surface area contributed by atoms with Gasteiger partial charge in [0.2, 0.25) is 0 Å². The molecule has 0 saturated carbocycles. The van der Waals surface area contributed by atoms with Crippen LogP contribution in [-0.2, 0) is 42.2 Å². The van der Waals surface area contributed by atoms with Crippen LogP contribution in [0.15, 0.2) is 0 Å². The molecule has 3 atom stereocenters. The van der Waals surface area contributed by atoms with E-state index in [2.05, 4.69) is 20.8 Å². The number of aliphatic hydroxyl groups excluding tert-OH is 1. The first-order valence-electron chi connectivity index (χ1n) is 25.9. The van der Waals surface area contributed by atoms with Gasteiger partial charge in [-0.15, -0.1) is 0 Å². The van der Waals surface area contributed by atoms with Crippen molar-refractivity contribution in [1.82, 2.24) is 0 Å². The van der Waals surface area contributed by atoms with E-state index in [4.69, 9.17) is 23.3 Å². The molecule has 368 valence electrons. The summed E-state index contributed by atoms with van der Waals surface area (Å²) in [6.07, 6.45) is 39.3. The highest BCUT2D eigenvalue weighted by Crippen LogP contribution is 2.43. The summed E-state index contributed by atoms with van der Waals surface area (Å²) < 4.78 is 39.3. The molecular weight excluding hydrogens is 808 g/mol. The first kappa shape index (κ1) is 60.5. The Labute approximate surface area is 380 Å². The van der Waals surface area contributed by atoms with Crippen molar-refractivity contribution < 1.29 is 52.2 Å². The molecule has 0 bridgehead atoms. The van der Waals surface area contributed by atoms with E-state index in [1.54, 1.807) is 0 Å². The number of phosphoric ester groups is 1. The Balaban J connectivity index is 4.64. The quantitative estimate of drug-likeness (QED) is 0.0259. The van der Waals surface area contributed by atoms with Crippen LogP contribution in [0.4, 0.5) is 0 Å². The van der Waals surface area contributed by atoms with Crippen LogP contribution in [0.25, 0.3) is 0 Å². The van der Waals surface area contributed by atoms with Crippen molar-refractivity contribution >= 4 is 25.7 Å². The molecular formula is C50H97O11P. The fraction of sp³-hybridized carbons (Fsp3) is 0.940. The molecule has 0 aromatic rings. The van der Waals surface area contributed by atoms with E-state index >= 15 is 0 Å². The molecule has 62 heavy (non-hydrogen) atoms. The number of phosphoric acid groups is 1. The highest BCUT2D eigenvalue weighted by Gasteiger charge is 2.28. The van der Waals surface area contributed by atoms with E-state index in [-0.39, 0.29) is 25.9 Å². The van der Waals surface area contributed by atoms with Gasteiger partial charge in [-0.1, -0.05) is 226 Å². The van der Waals surface area contributed by atoms with Crippen molar-refractivity contribution in [2.24, 2.45) is 0 Å². The highest BCUT2D eigenvalue weighted by molar-refractivity contribution is 7.47. The van der Waals surface area contributed by atoms with E-state index in [9.17, 15) is 28.9 Å². The second-order valence-corrected chi connectivity index (χ2v) is 19.2. The van der Waals surface area contributed by atoms with E-state index in [1.165, 1.54) is 148 Å². The van der Waals surface area contributed by atoms with Gasteiger partial charge in [0, 0.05) is 19.3 Å². The molecule has 0 aliphatic rings. The van der Waals surface area contributed by atoms with Gasteiger partial charge in [0.25, 0.3) is 0 Å². The number of carbonyl (C=O) groups excluding carboxylic acids is 3. The minimum Gasteiger partial charge on any atom is -0.462 e. The number of hydrogen-bond donors (Lipinski definition) is 2. The van der Waals surface area contributed by atoms with Gasteiger partial charge in [-0.2, -0.15) is 0 Å². The predicted octanol–water partition coefficient (Wildman–Crippen LogP) is 14.4. The lowest BCUT2D eigenvalue weighted by atomic mass is 10.0. The average Bonchev–Trinajstić information content (AvgIpc) is 3.25. The Morgan fingerprint density at radius 2 is 0.645 bits per heavy atom. The fourth-order valence-electron chi connectivity index (χ4n) is 7.53. The summed E-state index contributed by atoms with van der Waals surface area (Å²) in [5.74, 6) is -1.44. The van der Waals surface area contributed by atoms with Crippen molar-refractivity contribution in [2.45, 2.75) is 277 Å². The first-order valence-corrected chi connectivity index (χ1v) is 27.4. The fourth-order valence-corrected chi connectivity index (χ4v) is 8.32. The van der Waals surface area contributed by atoms with Crippen LogP contribution < -0.4 is 0 Å². The lowest BCUT2D eigenvalue weighted by Crippen LogP contribution is -2.30. The van der Waals surface area contributed by atoms with Crippen molar-refractivity contribution in [2.75, 3.05) is 26.4 Å². The molecule has 3 unspecified atom stereocenters. The molecule has 0 aliphatic heterocycles. The minimum absolute atomic E-state index is 0.177. The molecule has 0 heterocycles. The average molecular weight is 905 g/mol. The third-order valence-electron chi connectivity index (χ3n) is 11.5. The maximum Gasteiger partial charge on any atom is 0.472 e. The smallest absolute Gasteiger partial charge is 0.462 e. The van der Waals surface area contributed by atoms with Crippen LogP contribution in [0.3, 0.4) is 0 Å². The standard InChI is InChI=1S/C50H97O11P/c1-4-7-10-13-16-19-21-23-25-28-31-34-37-40-49(53)60-46(42-51)44-58-62(55,56)59-45-47(43-57-48(52)39-36-33-30-27-18-15-12-9-6-3)61-50(54)41-38-35-32-29-26-24-22-20-17-14-11-8-5-2/h46-47,51H,4-45H2,1-3H3,(H,55,56). The Morgan fingerprint density at radius 1 is 0.387 bits per heavy atom. The van der Waals surface area contributed by atoms with Gasteiger partial charge in [0.15, 0.2) is 6.10 Å². The van der Waals surface area contributed by atoms with Crippen LogP contribution in [0.2, 0.25) is 0 Å². The summed E-state index contributed by atoms with van der Waals surface area (Å²) in [5.41, 5.74) is 0. The van der Waals surface area contributed by atoms with Gasteiger partial charge in [-0.25, -0.2) is 4.57 Å². The lowest BCUT2D eigenvalue weighted by Gasteiger charge is -2.21. The number of unbranched alkanes of at least 4 members (excludes halogenated alkanes) is 32. The SMILES string of the molecule is CCCCCCCCCCCCCCCC(=O)OC(CO)COP(=O)(O)OCC(COC(=O)CCCCCCCCCCC)OC(=O)CCCCCCCCCCCCCCC. The molecule has 0 amide bonds. The van der Waals surface area contributed by atoms with Crippen molar-refractivity contribution in [3.8, 4) is 0 Å². The summed E-state index contributed by atoms with van der Waals surface area (Å²) in [4.78, 5) is 48.1. The molecule has 0 aliphatic carbocycles. The van der Waals surface area contributed by atoms with Crippen molar-refractivity contribution in [3.63, 3.8) is 0 Å². The third-order valence-corrected chi connectivity index (χ3v) is 12.5. The molecule has 0 aromatic heterocycles. The second-order valence-electron chi connectivity index (χ2n) is 17.7. The summed E-state index contributed by atoms with van der Waals surface area (Å²) in [5, 5.41) is 9.76. The number of aliphatic hydroxyl groups is 1. The van der Waals surface area contributed by atoms with Gasteiger partial charge in [0.05, 0.1) is 19.8 Å². The second kappa shape index (κ2) is 46.0. The first-order chi connectivity index (χ1) is 30.2. The Kier molecular flexibility index (Phi) is 44.9. The molecule has 2 N–H and O–H groups in total. The van der Waals surface area contributed by atoms with E-state index in [0.29, 0.717) is 19.3 Å². The van der Waals surface area contributed by atoms with E-state index < -0.39 is 57.8 Å². The zero-order chi connectivity index (χ0) is 45.6. The molecule has 12 heteroatoms. The summed E-state index contributed by atoms with van der Waals surface area (Å²) in [6.45, 7) is 4.65. The molecule has 0 fully saturated rings. The molecule has 0 rings (SSSR count). The maximum atomic E-state index is 12.8. The van der Waals surface area contributed by atoms with Gasteiger partial charge in [-0.3, -0.25) is 23.4 Å². The van der Waals surface area contributed by atoms with Crippen LogP contribution in [0, 0.1) is 0 Å². The van der Waals surface area contributed by atoms with Crippen LogP contribution in [0.1, 0.15) is 265 Å². The number of carbonyl (C=O) groups is 3. The molecule has 0 radical (unpaired) electrons. The predicted molar refractivity (Wildman–Crippen MR) is 252 cm³/mol. The molecule has 11 nitrogen and oxygen atoms in total. The Morgan fingerprint density at radius 3 is 0.952 bits per heavy atom. The third kappa shape index (κ3) is 43.7. The Hall–Kier alpha value is -1.52. The molecule has 0 aromatic carbocycles. The minimum atomic E-state index is -4.72. The molecule has 0 saturated heterocycles. The normalized spacial score (nSPS) is 13.4. The topological polar surface area (TPSA) is 155 Å². The van der Waals surface area contributed by atoms with Gasteiger partial charge >= 0.3 is 25.7 Å². The lowest BCUT2D eigenvalue weighted by molar-refractivity contribution is -0.161. The van der Waals surface area contributed by atoms with E-state index in [0.717, 1.165) is 57.8 Å². The van der Waals surface area contributed by atoms with Crippen LogP contribution in [-0.4, -0.2) is 66.5 Å². The van der Waals surface area contributed by atoms with Gasteiger partial charge < -0.3 is 24.2 Å². The van der Waals surface area contributed by atoms with Gasteiger partial charge in [-0.05, 0) is 19.3 Å². The number of hydrogen-bond acceptors (Lipinski definition) is 10. The number of esters is 3. The monoisotopic (exact) mass is 905 g/mol. The number of ether oxygens (including phenoxy) is 3. The van der Waals surface area contributed by atoms with Crippen LogP contribution in [0.5, 0.6) is 0 Å². The van der Waals surface area contributed by atoms with Crippen LogP contribution >= 0.6 is 7.82 Å².